The first-order chi connectivity index (χ1) is 15.6. The predicted octanol–water partition coefficient (Wildman–Crippen LogP) is 0.108. The third-order valence-electron chi connectivity index (χ3n) is 4.77. The van der Waals surface area contributed by atoms with Gasteiger partial charge in [-0.2, -0.15) is 0 Å². The van der Waals surface area contributed by atoms with E-state index in [4.69, 9.17) is 19.9 Å². The average molecular weight is 491 g/mol. The molecule has 0 fully saturated rings. The summed E-state index contributed by atoms with van der Waals surface area (Å²) in [4.78, 5) is 36.9. The Labute approximate surface area is 203 Å². The summed E-state index contributed by atoms with van der Waals surface area (Å²) in [6, 6.07) is 0. The van der Waals surface area contributed by atoms with Crippen molar-refractivity contribution < 1.29 is 33.7 Å². The lowest BCUT2D eigenvalue weighted by Crippen LogP contribution is -2.43. The number of esters is 3. The number of rotatable bonds is 17. The zero-order chi connectivity index (χ0) is 26.4. The van der Waals surface area contributed by atoms with Gasteiger partial charge in [0.2, 0.25) is 0 Å². The Morgan fingerprint density at radius 2 is 1.32 bits per heavy atom. The van der Waals surface area contributed by atoms with Crippen molar-refractivity contribution in [3.63, 3.8) is 0 Å². The number of hydrazine groups is 1. The highest BCUT2D eigenvalue weighted by Crippen LogP contribution is 2.35. The summed E-state index contributed by atoms with van der Waals surface area (Å²) in [5.74, 6) is -1.40. The zero-order valence-electron chi connectivity index (χ0n) is 21.9. The molecule has 0 saturated carbocycles. The van der Waals surface area contributed by atoms with Crippen LogP contribution in [0.3, 0.4) is 0 Å². The van der Waals surface area contributed by atoms with E-state index < -0.39 is 34.3 Å². The molecule has 0 bridgehead atoms. The minimum absolute atomic E-state index is 0.0334. The SMILES string of the molecule is CC(C)(C)C(=O)OCCOC(=O)C(C)(C)CC(C)(C)C(=O)OCC(O)CNNCCNCCN. The minimum atomic E-state index is -0.985. The molecule has 1 atom stereocenters. The number of nitrogens with two attached hydrogens (primary N) is 1. The van der Waals surface area contributed by atoms with E-state index in [1.807, 2.05) is 0 Å². The van der Waals surface area contributed by atoms with Crippen LogP contribution in [0.15, 0.2) is 0 Å². The molecule has 11 nitrogen and oxygen atoms in total. The van der Waals surface area contributed by atoms with Crippen molar-refractivity contribution >= 4 is 17.9 Å². The van der Waals surface area contributed by atoms with Crippen molar-refractivity contribution in [2.45, 2.75) is 61.0 Å². The van der Waals surface area contributed by atoms with Crippen LogP contribution in [0.2, 0.25) is 0 Å². The second-order valence-electron chi connectivity index (χ2n) is 10.6. The summed E-state index contributed by atoms with van der Waals surface area (Å²) in [5, 5.41) is 13.1. The molecular formula is C23H46N4O7. The highest BCUT2D eigenvalue weighted by Gasteiger charge is 2.41. The monoisotopic (exact) mass is 490 g/mol. The Hall–Kier alpha value is -1.79. The summed E-state index contributed by atoms with van der Waals surface area (Å²) in [7, 11) is 0. The number of nitrogens with one attached hydrogen (secondary N) is 3. The van der Waals surface area contributed by atoms with E-state index in [9.17, 15) is 19.5 Å². The fraction of sp³-hybridized carbons (Fsp3) is 0.870. The van der Waals surface area contributed by atoms with E-state index in [1.165, 1.54) is 0 Å². The number of aliphatic hydroxyl groups excluding tert-OH is 1. The lowest BCUT2D eigenvalue weighted by Gasteiger charge is -2.31. The van der Waals surface area contributed by atoms with Gasteiger partial charge in [-0.1, -0.05) is 0 Å². The molecule has 0 saturated heterocycles. The van der Waals surface area contributed by atoms with Gasteiger partial charge in [0.15, 0.2) is 0 Å². The molecule has 0 aliphatic rings. The fourth-order valence-electron chi connectivity index (χ4n) is 3.01. The van der Waals surface area contributed by atoms with Crippen molar-refractivity contribution in [2.24, 2.45) is 22.0 Å². The van der Waals surface area contributed by atoms with Crippen molar-refractivity contribution in [1.82, 2.24) is 16.2 Å². The van der Waals surface area contributed by atoms with Crippen LogP contribution in [0, 0.1) is 16.2 Å². The number of hydrogen-bond acceptors (Lipinski definition) is 11. The molecule has 11 heteroatoms. The van der Waals surface area contributed by atoms with E-state index in [-0.39, 0.29) is 38.8 Å². The van der Waals surface area contributed by atoms with Gasteiger partial charge in [0.1, 0.15) is 25.9 Å². The second-order valence-corrected chi connectivity index (χ2v) is 10.6. The van der Waals surface area contributed by atoms with Crippen LogP contribution < -0.4 is 21.9 Å². The minimum Gasteiger partial charge on any atom is -0.462 e. The van der Waals surface area contributed by atoms with Gasteiger partial charge < -0.3 is 30.4 Å². The van der Waals surface area contributed by atoms with Crippen molar-refractivity contribution in [1.29, 1.82) is 0 Å². The Bertz CT molecular complexity index is 633. The van der Waals surface area contributed by atoms with Crippen molar-refractivity contribution in [2.75, 3.05) is 52.5 Å². The van der Waals surface area contributed by atoms with Gasteiger partial charge in [0, 0.05) is 32.7 Å². The van der Waals surface area contributed by atoms with E-state index >= 15 is 0 Å². The molecule has 200 valence electrons. The molecule has 34 heavy (non-hydrogen) atoms. The molecule has 0 aromatic rings. The van der Waals surface area contributed by atoms with Crippen LogP contribution in [0.4, 0.5) is 0 Å². The molecule has 0 aromatic heterocycles. The maximum Gasteiger partial charge on any atom is 0.311 e. The Balaban J connectivity index is 4.35. The number of aliphatic hydroxyl groups is 1. The van der Waals surface area contributed by atoms with Crippen LogP contribution >= 0.6 is 0 Å². The second kappa shape index (κ2) is 15.3. The maximum atomic E-state index is 12.6. The molecule has 0 aliphatic heterocycles. The van der Waals surface area contributed by atoms with Gasteiger partial charge in [0.05, 0.1) is 16.2 Å². The summed E-state index contributed by atoms with van der Waals surface area (Å²) < 4.78 is 15.6. The quantitative estimate of drug-likeness (QED) is 0.0814. The Morgan fingerprint density at radius 3 is 1.85 bits per heavy atom. The highest BCUT2D eigenvalue weighted by molar-refractivity contribution is 5.80. The standard InChI is InChI=1S/C23H46N4O7/c1-21(2,3)18(29)32-12-13-33-19(30)22(4,5)16-23(6,7)20(31)34-15-17(28)14-27-26-11-10-25-9-8-24/h17,25-28H,8-16,24H2,1-7H3. The fourth-order valence-corrected chi connectivity index (χ4v) is 3.01. The van der Waals surface area contributed by atoms with E-state index in [0.29, 0.717) is 13.1 Å². The molecule has 6 N–H and O–H groups in total. The smallest absolute Gasteiger partial charge is 0.311 e. The van der Waals surface area contributed by atoms with Gasteiger partial charge in [-0.3, -0.25) is 25.2 Å². The Kier molecular flexibility index (Phi) is 14.5. The van der Waals surface area contributed by atoms with E-state index in [1.54, 1.807) is 48.5 Å². The third-order valence-corrected chi connectivity index (χ3v) is 4.77. The largest absolute Gasteiger partial charge is 0.462 e. The Morgan fingerprint density at radius 1 is 0.794 bits per heavy atom. The summed E-state index contributed by atoms with van der Waals surface area (Å²) in [6.07, 6.45) is -0.719. The van der Waals surface area contributed by atoms with Gasteiger partial charge >= 0.3 is 17.9 Å². The predicted molar refractivity (Wildman–Crippen MR) is 128 cm³/mol. The molecule has 0 rings (SSSR count). The van der Waals surface area contributed by atoms with Crippen LogP contribution in [0.5, 0.6) is 0 Å². The van der Waals surface area contributed by atoms with E-state index in [0.717, 1.165) is 13.1 Å². The lowest BCUT2D eigenvalue weighted by atomic mass is 9.75. The third kappa shape index (κ3) is 13.8. The highest BCUT2D eigenvalue weighted by atomic mass is 16.6. The number of carbonyl (C=O) groups excluding carboxylic acids is 3. The van der Waals surface area contributed by atoms with Crippen LogP contribution in [-0.4, -0.2) is 81.7 Å². The number of carbonyl (C=O) groups is 3. The van der Waals surface area contributed by atoms with Crippen LogP contribution in [0.1, 0.15) is 54.9 Å². The zero-order valence-corrected chi connectivity index (χ0v) is 21.9. The molecule has 0 heterocycles. The van der Waals surface area contributed by atoms with Crippen LogP contribution in [-0.2, 0) is 28.6 Å². The van der Waals surface area contributed by atoms with Gasteiger partial charge in [-0.05, 0) is 54.9 Å². The molecule has 0 aromatic carbocycles. The van der Waals surface area contributed by atoms with Gasteiger partial charge in [-0.25, -0.2) is 0 Å². The van der Waals surface area contributed by atoms with Crippen molar-refractivity contribution in [3.05, 3.63) is 0 Å². The number of ether oxygens (including phenoxy) is 3. The summed E-state index contributed by atoms with van der Waals surface area (Å²) in [6.45, 7) is 14.5. The molecule has 1 unspecified atom stereocenters. The first-order valence-electron chi connectivity index (χ1n) is 11.7. The molecular weight excluding hydrogens is 444 g/mol. The first-order valence-corrected chi connectivity index (χ1v) is 11.7. The molecule has 0 amide bonds. The molecule has 0 aliphatic carbocycles. The first kappa shape index (κ1) is 32.2. The normalized spacial score (nSPS) is 13.3. The van der Waals surface area contributed by atoms with Crippen LogP contribution in [0.25, 0.3) is 0 Å². The van der Waals surface area contributed by atoms with Gasteiger partial charge in [-0.15, -0.1) is 0 Å². The van der Waals surface area contributed by atoms with Gasteiger partial charge in [0.25, 0.3) is 0 Å². The summed E-state index contributed by atoms with van der Waals surface area (Å²) >= 11 is 0. The maximum absolute atomic E-state index is 12.6. The van der Waals surface area contributed by atoms with Crippen molar-refractivity contribution in [3.8, 4) is 0 Å². The summed E-state index contributed by atoms with van der Waals surface area (Å²) in [5.41, 5.74) is 8.59. The lowest BCUT2D eigenvalue weighted by molar-refractivity contribution is -0.167. The molecule has 0 radical (unpaired) electrons. The average Bonchev–Trinajstić information content (AvgIpc) is 2.72. The van der Waals surface area contributed by atoms with E-state index in [2.05, 4.69) is 16.2 Å². The topological polar surface area (TPSA) is 161 Å². The number of hydrogen-bond donors (Lipinski definition) is 5. The molecule has 0 spiro atoms.